The normalized spacial score (nSPS) is 23.5. The lowest BCUT2D eigenvalue weighted by Gasteiger charge is -2.18. The molecule has 0 aromatic carbocycles. The summed E-state index contributed by atoms with van der Waals surface area (Å²) in [7, 11) is 2.10. The highest BCUT2D eigenvalue weighted by molar-refractivity contribution is 5.91. The second-order valence-corrected chi connectivity index (χ2v) is 5.62. The molecule has 1 saturated carbocycles. The van der Waals surface area contributed by atoms with Crippen LogP contribution in [0.4, 0.5) is 0 Å². The minimum atomic E-state index is -0.0955. The predicted octanol–water partition coefficient (Wildman–Crippen LogP) is 1.38. The standard InChI is InChI=1S/C14H20N4O/c1-18-6-2-3-13(18)11-8-15-9-12(17-11)14(19)16-7-10-4-5-10/h8-10,13H,2-7H2,1H3,(H,16,19)/t13-/m1/s1. The largest absolute Gasteiger partial charge is 0.350 e. The number of nitrogens with zero attached hydrogens (tertiary/aromatic N) is 3. The van der Waals surface area contributed by atoms with E-state index < -0.39 is 0 Å². The number of aromatic nitrogens is 2. The van der Waals surface area contributed by atoms with Crippen LogP contribution in [-0.2, 0) is 0 Å². The predicted molar refractivity (Wildman–Crippen MR) is 71.7 cm³/mol. The minimum absolute atomic E-state index is 0.0955. The first-order valence-corrected chi connectivity index (χ1v) is 7.04. The fraction of sp³-hybridized carbons (Fsp3) is 0.643. The molecule has 0 unspecified atom stereocenters. The Hall–Kier alpha value is -1.49. The third kappa shape index (κ3) is 2.92. The van der Waals surface area contributed by atoms with Crippen LogP contribution in [0.15, 0.2) is 12.4 Å². The van der Waals surface area contributed by atoms with Crippen LogP contribution in [0.25, 0.3) is 0 Å². The molecule has 5 nitrogen and oxygen atoms in total. The van der Waals surface area contributed by atoms with Crippen molar-refractivity contribution < 1.29 is 4.79 Å². The smallest absolute Gasteiger partial charge is 0.271 e. The Kier molecular flexibility index (Phi) is 3.46. The zero-order valence-electron chi connectivity index (χ0n) is 11.3. The van der Waals surface area contributed by atoms with Crippen molar-refractivity contribution in [3.63, 3.8) is 0 Å². The number of carbonyl (C=O) groups is 1. The lowest BCUT2D eigenvalue weighted by Crippen LogP contribution is -2.27. The van der Waals surface area contributed by atoms with Gasteiger partial charge in [-0.25, -0.2) is 4.98 Å². The Bertz CT molecular complexity index is 472. The van der Waals surface area contributed by atoms with Crippen molar-refractivity contribution in [2.24, 2.45) is 5.92 Å². The summed E-state index contributed by atoms with van der Waals surface area (Å²) >= 11 is 0. The highest BCUT2D eigenvalue weighted by atomic mass is 16.1. The van der Waals surface area contributed by atoms with Gasteiger partial charge in [-0.15, -0.1) is 0 Å². The molecule has 3 rings (SSSR count). The topological polar surface area (TPSA) is 58.1 Å². The van der Waals surface area contributed by atoms with Crippen molar-refractivity contribution in [3.8, 4) is 0 Å². The molecule has 0 bridgehead atoms. The second-order valence-electron chi connectivity index (χ2n) is 5.62. The van der Waals surface area contributed by atoms with Gasteiger partial charge >= 0.3 is 0 Å². The number of amides is 1. The zero-order chi connectivity index (χ0) is 13.2. The highest BCUT2D eigenvalue weighted by Crippen LogP contribution is 2.29. The third-order valence-corrected chi connectivity index (χ3v) is 4.00. The van der Waals surface area contributed by atoms with Gasteiger partial charge in [0.15, 0.2) is 0 Å². The van der Waals surface area contributed by atoms with Crippen LogP contribution in [0.2, 0.25) is 0 Å². The van der Waals surface area contributed by atoms with Crippen LogP contribution in [0.3, 0.4) is 0 Å². The van der Waals surface area contributed by atoms with Gasteiger partial charge in [0.05, 0.1) is 24.1 Å². The van der Waals surface area contributed by atoms with Crippen molar-refractivity contribution in [2.45, 2.75) is 31.7 Å². The summed E-state index contributed by atoms with van der Waals surface area (Å²) in [6.07, 6.45) is 8.09. The first kappa shape index (κ1) is 12.5. The van der Waals surface area contributed by atoms with E-state index in [1.165, 1.54) is 19.3 Å². The SMILES string of the molecule is CN1CCC[C@@H]1c1cncc(C(=O)NCC2CC2)n1. The summed E-state index contributed by atoms with van der Waals surface area (Å²) < 4.78 is 0. The average Bonchev–Trinajstić information content (AvgIpc) is 3.17. The average molecular weight is 260 g/mol. The molecule has 0 radical (unpaired) electrons. The third-order valence-electron chi connectivity index (χ3n) is 4.00. The molecule has 1 aromatic heterocycles. The van der Waals surface area contributed by atoms with Crippen LogP contribution >= 0.6 is 0 Å². The first-order valence-electron chi connectivity index (χ1n) is 7.04. The van der Waals surface area contributed by atoms with E-state index in [0.29, 0.717) is 17.7 Å². The van der Waals surface area contributed by atoms with E-state index >= 15 is 0 Å². The van der Waals surface area contributed by atoms with Crippen LogP contribution in [0.5, 0.6) is 0 Å². The van der Waals surface area contributed by atoms with Crippen molar-refractivity contribution >= 4 is 5.91 Å². The Morgan fingerprint density at radius 3 is 2.95 bits per heavy atom. The van der Waals surface area contributed by atoms with E-state index in [1.807, 2.05) is 0 Å². The Morgan fingerprint density at radius 2 is 2.26 bits per heavy atom. The summed E-state index contributed by atoms with van der Waals surface area (Å²) in [5, 5.41) is 2.93. The Balaban J connectivity index is 1.69. The molecular formula is C14H20N4O. The highest BCUT2D eigenvalue weighted by Gasteiger charge is 2.25. The summed E-state index contributed by atoms with van der Waals surface area (Å²) in [5.74, 6) is 0.586. The molecule has 1 aliphatic heterocycles. The van der Waals surface area contributed by atoms with Gasteiger partial charge in [0.1, 0.15) is 5.69 Å². The minimum Gasteiger partial charge on any atom is -0.350 e. The van der Waals surface area contributed by atoms with Gasteiger partial charge in [-0.3, -0.25) is 14.7 Å². The molecule has 0 spiro atoms. The van der Waals surface area contributed by atoms with Crippen LogP contribution in [0.1, 0.15) is 47.9 Å². The molecule has 1 aromatic rings. The summed E-state index contributed by atoms with van der Waals surface area (Å²) in [6, 6.07) is 0.309. The lowest BCUT2D eigenvalue weighted by molar-refractivity contribution is 0.0945. The second kappa shape index (κ2) is 5.25. The number of hydrogen-bond acceptors (Lipinski definition) is 4. The van der Waals surface area contributed by atoms with E-state index in [4.69, 9.17) is 0 Å². The molecule has 5 heteroatoms. The van der Waals surface area contributed by atoms with Gasteiger partial charge in [0.25, 0.3) is 5.91 Å². The van der Waals surface area contributed by atoms with E-state index in [2.05, 4.69) is 27.2 Å². The summed E-state index contributed by atoms with van der Waals surface area (Å²) in [4.78, 5) is 22.9. The molecule has 102 valence electrons. The summed E-state index contributed by atoms with van der Waals surface area (Å²) in [5.41, 5.74) is 1.36. The Labute approximate surface area is 113 Å². The molecule has 1 N–H and O–H groups in total. The Morgan fingerprint density at radius 1 is 1.42 bits per heavy atom. The zero-order valence-corrected chi connectivity index (χ0v) is 11.3. The number of nitrogens with one attached hydrogen (secondary N) is 1. The quantitative estimate of drug-likeness (QED) is 0.888. The van der Waals surface area contributed by atoms with Crippen molar-refractivity contribution in [2.75, 3.05) is 20.1 Å². The maximum atomic E-state index is 12.0. The lowest BCUT2D eigenvalue weighted by atomic mass is 10.1. The number of likely N-dealkylation sites (tertiary alicyclic amines) is 1. The van der Waals surface area contributed by atoms with E-state index in [-0.39, 0.29) is 5.91 Å². The van der Waals surface area contributed by atoms with Crippen LogP contribution in [-0.4, -0.2) is 40.9 Å². The number of hydrogen-bond donors (Lipinski definition) is 1. The molecule has 1 atom stereocenters. The van der Waals surface area contributed by atoms with Gasteiger partial charge in [0.2, 0.25) is 0 Å². The molecule has 2 aliphatic rings. The number of carbonyl (C=O) groups excluding carboxylic acids is 1. The van der Waals surface area contributed by atoms with Gasteiger partial charge in [-0.1, -0.05) is 0 Å². The molecule has 1 saturated heterocycles. The van der Waals surface area contributed by atoms with Crippen molar-refractivity contribution in [1.82, 2.24) is 20.2 Å². The van der Waals surface area contributed by atoms with Gasteiger partial charge in [-0.05, 0) is 45.2 Å². The maximum absolute atomic E-state index is 12.0. The maximum Gasteiger partial charge on any atom is 0.271 e. The van der Waals surface area contributed by atoms with Crippen LogP contribution < -0.4 is 5.32 Å². The molecule has 1 amide bonds. The molecule has 2 heterocycles. The molecule has 19 heavy (non-hydrogen) atoms. The fourth-order valence-electron chi connectivity index (χ4n) is 2.58. The molecule has 1 aliphatic carbocycles. The summed E-state index contributed by atoms with van der Waals surface area (Å²) in [6.45, 7) is 1.86. The van der Waals surface area contributed by atoms with Gasteiger partial charge in [0, 0.05) is 6.54 Å². The monoisotopic (exact) mass is 260 g/mol. The molecule has 2 fully saturated rings. The van der Waals surface area contributed by atoms with Gasteiger partial charge in [-0.2, -0.15) is 0 Å². The van der Waals surface area contributed by atoms with E-state index in [1.54, 1.807) is 12.4 Å². The van der Waals surface area contributed by atoms with E-state index in [9.17, 15) is 4.79 Å². The number of rotatable bonds is 4. The molecular weight excluding hydrogens is 240 g/mol. The fourth-order valence-corrected chi connectivity index (χ4v) is 2.58. The van der Waals surface area contributed by atoms with Crippen molar-refractivity contribution in [3.05, 3.63) is 23.8 Å². The van der Waals surface area contributed by atoms with Crippen molar-refractivity contribution in [1.29, 1.82) is 0 Å². The first-order chi connectivity index (χ1) is 9.24. The van der Waals surface area contributed by atoms with Gasteiger partial charge < -0.3 is 5.32 Å². The van der Waals surface area contributed by atoms with Crippen LogP contribution in [0, 0.1) is 5.92 Å². The van der Waals surface area contributed by atoms with E-state index in [0.717, 1.165) is 25.2 Å².